The van der Waals surface area contributed by atoms with Gasteiger partial charge in [-0.2, -0.15) is 0 Å². The Hall–Kier alpha value is -1.66. The van der Waals surface area contributed by atoms with E-state index in [1.807, 2.05) is 0 Å². The number of aliphatic hydroxyl groups is 13. The third kappa shape index (κ3) is 29.8. The Bertz CT molecular complexity index is 1130. The van der Waals surface area contributed by atoms with E-state index in [0.29, 0.717) is 128 Å². The average molecular weight is 941 g/mol. The van der Waals surface area contributed by atoms with Crippen molar-refractivity contribution in [3.63, 3.8) is 0 Å². The van der Waals surface area contributed by atoms with Crippen LogP contribution in [0.1, 0.15) is 180 Å². The van der Waals surface area contributed by atoms with E-state index in [0.717, 1.165) is 58.4 Å². The number of nitrogens with zero attached hydrogens (tertiary/aromatic N) is 2. The molecule has 2 saturated heterocycles. The van der Waals surface area contributed by atoms with Gasteiger partial charge in [0, 0.05) is 45.4 Å². The zero-order valence-electron chi connectivity index (χ0n) is 39.0. The molecule has 2 fully saturated rings. The van der Waals surface area contributed by atoms with Crippen molar-refractivity contribution in [3.8, 4) is 0 Å². The number of carbonyl (C=O) groups is 2. The van der Waals surface area contributed by atoms with E-state index in [1.54, 1.807) is 0 Å². The van der Waals surface area contributed by atoms with Gasteiger partial charge in [-0.3, -0.25) is 14.5 Å². The SMILES string of the molecule is O=C(OCC(COC(=O)C(CCCCCCC(O)(O)O)CCCCCCC(O)(O)O)N1CC2(CCN(CCCCO)CC2)C1)C(CCCCCCC(O)(O)O)CCCCCCC(O)(O)O. The average Bonchev–Trinajstić information content (AvgIpc) is 3.19. The quantitative estimate of drug-likeness (QED) is 0.0237. The van der Waals surface area contributed by atoms with Crippen molar-refractivity contribution in [2.75, 3.05) is 52.5 Å². The minimum absolute atomic E-state index is 0.0118. The molecule has 0 unspecified atom stereocenters. The second-order valence-electron chi connectivity index (χ2n) is 19.4. The molecule has 1 spiro atoms. The summed E-state index contributed by atoms with van der Waals surface area (Å²) in [6.07, 6.45) is 14.6. The van der Waals surface area contributed by atoms with Crippen LogP contribution in [-0.2, 0) is 19.1 Å². The maximum atomic E-state index is 13.8. The van der Waals surface area contributed by atoms with Gasteiger partial charge in [0.25, 0.3) is 23.9 Å². The molecule has 0 aromatic carbocycles. The van der Waals surface area contributed by atoms with Crippen molar-refractivity contribution in [1.29, 1.82) is 0 Å². The van der Waals surface area contributed by atoms with Crippen molar-refractivity contribution < 1.29 is 85.4 Å². The Morgan fingerprint density at radius 2 is 0.785 bits per heavy atom. The van der Waals surface area contributed by atoms with Gasteiger partial charge in [-0.05, 0) is 102 Å². The number of aliphatic hydroxyl groups excluding tert-OH is 1. The molecule has 0 aromatic heterocycles. The third-order valence-electron chi connectivity index (χ3n) is 13.2. The summed E-state index contributed by atoms with van der Waals surface area (Å²) in [5.74, 6) is -12.5. The molecule has 0 atom stereocenters. The summed E-state index contributed by atoms with van der Waals surface area (Å²) in [5.41, 5.74) is 0.109. The minimum atomic E-state index is -2.72. The molecular formula is C46H88N2O17. The van der Waals surface area contributed by atoms with Gasteiger partial charge in [-0.15, -0.1) is 0 Å². The monoisotopic (exact) mass is 941 g/mol. The number of carbonyl (C=O) groups excluding carboxylic acids is 2. The number of hydrogen-bond donors (Lipinski definition) is 13. The maximum Gasteiger partial charge on any atom is 0.308 e. The van der Waals surface area contributed by atoms with Crippen molar-refractivity contribution in [1.82, 2.24) is 9.80 Å². The summed E-state index contributed by atoms with van der Waals surface area (Å²) >= 11 is 0. The zero-order valence-corrected chi connectivity index (χ0v) is 39.0. The van der Waals surface area contributed by atoms with Gasteiger partial charge in [-0.25, -0.2) is 0 Å². The minimum Gasteiger partial charge on any atom is -0.464 e. The van der Waals surface area contributed by atoms with Crippen LogP contribution in [0.3, 0.4) is 0 Å². The number of likely N-dealkylation sites (tertiary alicyclic amines) is 2. The van der Waals surface area contributed by atoms with E-state index in [9.17, 15) is 76.0 Å². The Morgan fingerprint density at radius 1 is 0.462 bits per heavy atom. The van der Waals surface area contributed by atoms with Gasteiger partial charge in [0.05, 0.1) is 17.9 Å². The van der Waals surface area contributed by atoms with Gasteiger partial charge in [0.15, 0.2) is 0 Å². The van der Waals surface area contributed by atoms with Crippen molar-refractivity contribution in [3.05, 3.63) is 0 Å². The van der Waals surface area contributed by atoms with Gasteiger partial charge in [-0.1, -0.05) is 77.0 Å². The Labute approximate surface area is 386 Å². The third-order valence-corrected chi connectivity index (χ3v) is 13.2. The number of rotatable bonds is 39. The van der Waals surface area contributed by atoms with Crippen LogP contribution in [0.4, 0.5) is 0 Å². The maximum absolute atomic E-state index is 13.8. The van der Waals surface area contributed by atoms with E-state index in [-0.39, 0.29) is 62.9 Å². The number of hydrogen-bond acceptors (Lipinski definition) is 19. The van der Waals surface area contributed by atoms with Gasteiger partial charge in [0.1, 0.15) is 13.2 Å². The van der Waals surface area contributed by atoms with Crippen molar-refractivity contribution in [2.24, 2.45) is 17.3 Å². The number of piperidine rings is 1. The first-order valence-electron chi connectivity index (χ1n) is 24.6. The molecule has 19 heteroatoms. The lowest BCUT2D eigenvalue weighted by Crippen LogP contribution is -2.64. The standard InChI is InChI=1S/C46H88N2O17/c49-32-18-17-29-47-30-27-42(28-31-47)35-48(36-42)39(33-64-40(50)37(19-9-1-5-13-23-43(52,53)54)20-10-2-6-14-24-44(55,56)57)34-65-41(51)38(21-11-3-7-15-25-45(58,59)60)22-12-4-8-16-26-46(61,62)63/h37-39,49,52-63H,1-36H2. The molecule has 65 heavy (non-hydrogen) atoms. The van der Waals surface area contributed by atoms with Crippen LogP contribution in [0.15, 0.2) is 0 Å². The molecule has 0 amide bonds. The molecule has 0 aliphatic carbocycles. The van der Waals surface area contributed by atoms with Crippen molar-refractivity contribution >= 4 is 11.9 Å². The lowest BCUT2D eigenvalue weighted by atomic mass is 9.71. The van der Waals surface area contributed by atoms with E-state index in [1.165, 1.54) is 0 Å². The molecule has 0 bridgehead atoms. The Kier molecular flexibility index (Phi) is 28.1. The van der Waals surface area contributed by atoms with Crippen LogP contribution in [0.2, 0.25) is 0 Å². The fraction of sp³-hybridized carbons (Fsp3) is 0.957. The van der Waals surface area contributed by atoms with Crippen LogP contribution in [0.5, 0.6) is 0 Å². The predicted molar refractivity (Wildman–Crippen MR) is 237 cm³/mol. The van der Waals surface area contributed by atoms with Crippen LogP contribution >= 0.6 is 0 Å². The molecule has 19 nitrogen and oxygen atoms in total. The van der Waals surface area contributed by atoms with E-state index >= 15 is 0 Å². The summed E-state index contributed by atoms with van der Waals surface area (Å²) in [6.45, 7) is 4.61. The summed E-state index contributed by atoms with van der Waals surface area (Å²) in [4.78, 5) is 32.3. The highest BCUT2D eigenvalue weighted by molar-refractivity contribution is 5.73. The summed E-state index contributed by atoms with van der Waals surface area (Å²) in [6, 6.07) is -0.393. The highest BCUT2D eigenvalue weighted by Crippen LogP contribution is 2.41. The largest absolute Gasteiger partial charge is 0.464 e. The fourth-order valence-corrected chi connectivity index (χ4v) is 9.13. The smallest absolute Gasteiger partial charge is 0.308 e. The summed E-state index contributed by atoms with van der Waals surface area (Å²) < 4.78 is 12.1. The van der Waals surface area contributed by atoms with E-state index in [4.69, 9.17) is 9.47 Å². The lowest BCUT2D eigenvalue weighted by Gasteiger charge is -2.56. The Morgan fingerprint density at radius 3 is 1.09 bits per heavy atom. The van der Waals surface area contributed by atoms with Crippen LogP contribution in [0.25, 0.3) is 0 Å². The molecule has 0 aromatic rings. The number of ether oxygens (including phenoxy) is 2. The van der Waals surface area contributed by atoms with E-state index in [2.05, 4.69) is 9.80 Å². The molecule has 2 aliphatic rings. The molecule has 13 N–H and O–H groups in total. The summed E-state index contributed by atoms with van der Waals surface area (Å²) in [7, 11) is 0. The first-order chi connectivity index (χ1) is 30.5. The molecular weight excluding hydrogens is 853 g/mol. The van der Waals surface area contributed by atoms with E-state index < -0.39 is 41.8 Å². The van der Waals surface area contributed by atoms with Crippen molar-refractivity contribution in [2.45, 2.75) is 210 Å². The highest BCUT2D eigenvalue weighted by Gasteiger charge is 2.47. The molecule has 0 saturated carbocycles. The lowest BCUT2D eigenvalue weighted by molar-refractivity contribution is -0.316. The first kappa shape index (κ1) is 59.5. The molecule has 2 rings (SSSR count). The van der Waals surface area contributed by atoms with Gasteiger partial charge < -0.3 is 80.8 Å². The fourth-order valence-electron chi connectivity index (χ4n) is 9.13. The normalized spacial score (nSPS) is 16.6. The number of esters is 2. The predicted octanol–water partition coefficient (Wildman–Crippen LogP) is 1.73. The second kappa shape index (κ2) is 30.7. The topological polar surface area (TPSA) is 322 Å². The first-order valence-corrected chi connectivity index (χ1v) is 24.6. The number of unbranched alkanes of at least 4 members (excludes halogenated alkanes) is 13. The Balaban J connectivity index is 2.12. The highest BCUT2D eigenvalue weighted by atomic mass is 16.7. The van der Waals surface area contributed by atoms with Crippen LogP contribution in [0, 0.1) is 17.3 Å². The van der Waals surface area contributed by atoms with Gasteiger partial charge in [0.2, 0.25) is 0 Å². The molecule has 2 aliphatic heterocycles. The summed E-state index contributed by atoms with van der Waals surface area (Å²) in [5, 5.41) is 120. The molecule has 0 radical (unpaired) electrons. The zero-order chi connectivity index (χ0) is 48.4. The van der Waals surface area contributed by atoms with Gasteiger partial charge >= 0.3 is 11.9 Å². The van der Waals surface area contributed by atoms with Crippen LogP contribution < -0.4 is 0 Å². The second-order valence-corrected chi connectivity index (χ2v) is 19.4. The molecule has 384 valence electrons. The van der Waals surface area contributed by atoms with Crippen LogP contribution in [-0.4, -0.2) is 171 Å². The molecule has 2 heterocycles.